The standard InChI is InChI=1S/C6H15NO2/c1-5(3-8)7-6(2)4-9/h5-9H,3-4H2,1-2H3/t5-,6?/m1/s1. The molecule has 0 aromatic heterocycles. The van der Waals surface area contributed by atoms with Gasteiger partial charge in [0.1, 0.15) is 0 Å². The molecule has 0 spiro atoms. The Balaban J connectivity index is 3.22. The molecule has 9 heavy (non-hydrogen) atoms. The molecule has 0 aromatic rings. The third kappa shape index (κ3) is 4.39. The van der Waals surface area contributed by atoms with Gasteiger partial charge in [0.15, 0.2) is 0 Å². The molecule has 1 unspecified atom stereocenters. The zero-order chi connectivity index (χ0) is 7.28. The van der Waals surface area contributed by atoms with E-state index in [0.717, 1.165) is 0 Å². The predicted octanol–water partition coefficient (Wildman–Crippen LogP) is -0.662. The number of hydrogen-bond donors (Lipinski definition) is 3. The summed E-state index contributed by atoms with van der Waals surface area (Å²) < 4.78 is 0. The zero-order valence-electron chi connectivity index (χ0n) is 5.96. The van der Waals surface area contributed by atoms with E-state index in [1.165, 1.54) is 0 Å². The van der Waals surface area contributed by atoms with E-state index in [0.29, 0.717) is 0 Å². The molecule has 0 radical (unpaired) electrons. The predicted molar refractivity (Wildman–Crippen MR) is 36.2 cm³/mol. The third-order valence-corrected chi connectivity index (χ3v) is 1.12. The molecule has 56 valence electrons. The van der Waals surface area contributed by atoms with Crippen molar-refractivity contribution in [2.45, 2.75) is 25.9 Å². The minimum absolute atomic E-state index is 0.0761. The van der Waals surface area contributed by atoms with E-state index in [2.05, 4.69) is 5.32 Å². The van der Waals surface area contributed by atoms with Crippen molar-refractivity contribution < 1.29 is 10.2 Å². The first kappa shape index (κ1) is 8.88. The molecular formula is C6H15NO2. The number of aliphatic hydroxyl groups is 2. The van der Waals surface area contributed by atoms with Crippen LogP contribution in [0.3, 0.4) is 0 Å². The fourth-order valence-corrected chi connectivity index (χ4v) is 0.591. The fraction of sp³-hybridized carbons (Fsp3) is 1.00. The largest absolute Gasteiger partial charge is 0.395 e. The van der Waals surface area contributed by atoms with E-state index in [9.17, 15) is 0 Å². The lowest BCUT2D eigenvalue weighted by Crippen LogP contribution is -2.38. The highest BCUT2D eigenvalue weighted by molar-refractivity contribution is 4.64. The van der Waals surface area contributed by atoms with Crippen LogP contribution in [-0.4, -0.2) is 35.5 Å². The molecule has 3 N–H and O–H groups in total. The van der Waals surface area contributed by atoms with E-state index in [4.69, 9.17) is 10.2 Å². The van der Waals surface area contributed by atoms with Crippen molar-refractivity contribution >= 4 is 0 Å². The molecular weight excluding hydrogens is 118 g/mol. The normalized spacial score (nSPS) is 17.3. The number of hydrogen-bond acceptors (Lipinski definition) is 3. The minimum Gasteiger partial charge on any atom is -0.395 e. The van der Waals surface area contributed by atoms with Gasteiger partial charge in [-0.25, -0.2) is 0 Å². The highest BCUT2D eigenvalue weighted by atomic mass is 16.3. The maximum absolute atomic E-state index is 8.54. The first-order chi connectivity index (χ1) is 4.20. The molecule has 0 aliphatic rings. The first-order valence-corrected chi connectivity index (χ1v) is 3.18. The van der Waals surface area contributed by atoms with Gasteiger partial charge in [-0.05, 0) is 13.8 Å². The van der Waals surface area contributed by atoms with Crippen LogP contribution in [0.4, 0.5) is 0 Å². The van der Waals surface area contributed by atoms with Gasteiger partial charge in [0.05, 0.1) is 13.2 Å². The molecule has 3 heteroatoms. The van der Waals surface area contributed by atoms with E-state index >= 15 is 0 Å². The number of nitrogens with one attached hydrogen (secondary N) is 1. The zero-order valence-corrected chi connectivity index (χ0v) is 5.96. The van der Waals surface area contributed by atoms with E-state index in [1.807, 2.05) is 13.8 Å². The molecule has 0 aromatic carbocycles. The SMILES string of the molecule is CC(CO)N[C@H](C)CO. The van der Waals surface area contributed by atoms with Crippen LogP contribution in [0.5, 0.6) is 0 Å². The molecule has 0 saturated carbocycles. The monoisotopic (exact) mass is 133 g/mol. The van der Waals surface area contributed by atoms with E-state index < -0.39 is 0 Å². The van der Waals surface area contributed by atoms with Gasteiger partial charge in [-0.15, -0.1) is 0 Å². The summed E-state index contributed by atoms with van der Waals surface area (Å²) in [5, 5.41) is 20.0. The van der Waals surface area contributed by atoms with Gasteiger partial charge in [-0.1, -0.05) is 0 Å². The first-order valence-electron chi connectivity index (χ1n) is 3.18. The molecule has 0 bridgehead atoms. The Labute approximate surface area is 55.7 Å². The molecule has 0 heterocycles. The van der Waals surface area contributed by atoms with Gasteiger partial charge in [0.2, 0.25) is 0 Å². The van der Waals surface area contributed by atoms with Crippen LogP contribution < -0.4 is 5.32 Å². The lowest BCUT2D eigenvalue weighted by Gasteiger charge is -2.15. The topological polar surface area (TPSA) is 52.5 Å². The van der Waals surface area contributed by atoms with Crippen molar-refractivity contribution in [2.24, 2.45) is 0 Å². The Morgan fingerprint density at radius 1 is 1.11 bits per heavy atom. The van der Waals surface area contributed by atoms with Gasteiger partial charge < -0.3 is 15.5 Å². The van der Waals surface area contributed by atoms with Crippen LogP contribution in [-0.2, 0) is 0 Å². The van der Waals surface area contributed by atoms with E-state index in [1.54, 1.807) is 0 Å². The average molecular weight is 133 g/mol. The van der Waals surface area contributed by atoms with Crippen molar-refractivity contribution in [3.8, 4) is 0 Å². The molecule has 0 rings (SSSR count). The smallest absolute Gasteiger partial charge is 0.0582 e. The molecule has 3 nitrogen and oxygen atoms in total. The van der Waals surface area contributed by atoms with Crippen LogP contribution in [0.1, 0.15) is 13.8 Å². The average Bonchev–Trinajstić information content (AvgIpc) is 1.87. The summed E-state index contributed by atoms with van der Waals surface area (Å²) in [7, 11) is 0. The highest BCUT2D eigenvalue weighted by Gasteiger charge is 2.02. The lowest BCUT2D eigenvalue weighted by molar-refractivity contribution is 0.206. The lowest BCUT2D eigenvalue weighted by atomic mass is 10.3. The highest BCUT2D eigenvalue weighted by Crippen LogP contribution is 1.83. The maximum atomic E-state index is 8.54. The van der Waals surface area contributed by atoms with Crippen LogP contribution in [0.2, 0.25) is 0 Å². The minimum atomic E-state index is 0.0761. The van der Waals surface area contributed by atoms with Crippen LogP contribution in [0, 0.1) is 0 Å². The summed E-state index contributed by atoms with van der Waals surface area (Å²) in [5.41, 5.74) is 0. The summed E-state index contributed by atoms with van der Waals surface area (Å²) in [6.07, 6.45) is 0. The van der Waals surface area contributed by atoms with Gasteiger partial charge in [0, 0.05) is 12.1 Å². The molecule has 0 fully saturated rings. The van der Waals surface area contributed by atoms with Crippen LogP contribution in [0.15, 0.2) is 0 Å². The van der Waals surface area contributed by atoms with Gasteiger partial charge in [-0.3, -0.25) is 0 Å². The van der Waals surface area contributed by atoms with Crippen molar-refractivity contribution in [1.29, 1.82) is 0 Å². The molecule has 0 aliphatic heterocycles. The number of rotatable bonds is 4. The van der Waals surface area contributed by atoms with Gasteiger partial charge in [0.25, 0.3) is 0 Å². The van der Waals surface area contributed by atoms with Crippen LogP contribution >= 0.6 is 0 Å². The third-order valence-electron chi connectivity index (χ3n) is 1.12. The summed E-state index contributed by atoms with van der Waals surface area (Å²) in [6, 6.07) is 0.152. The molecule has 0 aliphatic carbocycles. The van der Waals surface area contributed by atoms with E-state index in [-0.39, 0.29) is 25.3 Å². The number of aliphatic hydroxyl groups excluding tert-OH is 2. The second-order valence-corrected chi connectivity index (χ2v) is 2.33. The second-order valence-electron chi connectivity index (χ2n) is 2.33. The van der Waals surface area contributed by atoms with Crippen molar-refractivity contribution in [1.82, 2.24) is 5.32 Å². The van der Waals surface area contributed by atoms with Crippen molar-refractivity contribution in [3.63, 3.8) is 0 Å². The Morgan fingerprint density at radius 2 is 1.44 bits per heavy atom. The summed E-state index contributed by atoms with van der Waals surface area (Å²) in [6.45, 7) is 3.97. The Hall–Kier alpha value is -0.120. The van der Waals surface area contributed by atoms with Gasteiger partial charge >= 0.3 is 0 Å². The molecule has 0 saturated heterocycles. The second kappa shape index (κ2) is 4.73. The summed E-state index contributed by atoms with van der Waals surface area (Å²) in [5.74, 6) is 0. The fourth-order valence-electron chi connectivity index (χ4n) is 0.591. The Kier molecular flexibility index (Phi) is 4.67. The van der Waals surface area contributed by atoms with Gasteiger partial charge in [-0.2, -0.15) is 0 Å². The molecule has 2 atom stereocenters. The Morgan fingerprint density at radius 3 is 1.67 bits per heavy atom. The van der Waals surface area contributed by atoms with Crippen LogP contribution in [0.25, 0.3) is 0 Å². The summed E-state index contributed by atoms with van der Waals surface area (Å²) >= 11 is 0. The van der Waals surface area contributed by atoms with Crippen molar-refractivity contribution in [3.05, 3.63) is 0 Å². The quantitative estimate of drug-likeness (QED) is 0.477. The Bertz CT molecular complexity index is 60.1. The molecule has 0 amide bonds. The van der Waals surface area contributed by atoms with Crippen molar-refractivity contribution in [2.75, 3.05) is 13.2 Å². The maximum Gasteiger partial charge on any atom is 0.0582 e. The summed E-state index contributed by atoms with van der Waals surface area (Å²) in [4.78, 5) is 0.